The Balaban J connectivity index is 1.36. The van der Waals surface area contributed by atoms with Gasteiger partial charge in [-0.25, -0.2) is 0 Å². The van der Waals surface area contributed by atoms with E-state index in [0.29, 0.717) is 31.3 Å². The van der Waals surface area contributed by atoms with Crippen molar-refractivity contribution in [3.05, 3.63) is 35.9 Å². The lowest BCUT2D eigenvalue weighted by atomic mass is 9.90. The highest BCUT2D eigenvalue weighted by atomic mass is 16.5. The van der Waals surface area contributed by atoms with E-state index in [1.54, 1.807) is 0 Å². The van der Waals surface area contributed by atoms with Crippen LogP contribution in [-0.2, 0) is 25.7 Å². The minimum absolute atomic E-state index is 0.0104. The van der Waals surface area contributed by atoms with Crippen LogP contribution in [0.4, 0.5) is 0 Å². The van der Waals surface area contributed by atoms with E-state index in [-0.39, 0.29) is 35.9 Å². The van der Waals surface area contributed by atoms with E-state index in [1.165, 1.54) is 12.8 Å². The number of nitrogens with one attached hydrogen (secondary N) is 1. The van der Waals surface area contributed by atoms with Crippen LogP contribution in [0.3, 0.4) is 0 Å². The Morgan fingerprint density at radius 2 is 1.87 bits per heavy atom. The van der Waals surface area contributed by atoms with Crippen molar-refractivity contribution in [2.45, 2.75) is 70.4 Å². The molecule has 162 valence electrons. The summed E-state index contributed by atoms with van der Waals surface area (Å²) in [6.07, 6.45) is 8.34. The van der Waals surface area contributed by atoms with Gasteiger partial charge in [0.25, 0.3) is 0 Å². The molecule has 3 fully saturated rings. The summed E-state index contributed by atoms with van der Waals surface area (Å²) >= 11 is 0. The van der Waals surface area contributed by atoms with Gasteiger partial charge in [0.15, 0.2) is 5.78 Å². The zero-order valence-electron chi connectivity index (χ0n) is 17.7. The Labute approximate surface area is 178 Å². The molecule has 1 amide bonds. The first-order chi connectivity index (χ1) is 14.6. The van der Waals surface area contributed by atoms with Crippen LogP contribution in [0.15, 0.2) is 30.3 Å². The van der Waals surface area contributed by atoms with Crippen molar-refractivity contribution in [2.24, 2.45) is 23.7 Å². The Bertz CT molecular complexity index is 762. The Morgan fingerprint density at radius 1 is 1.03 bits per heavy atom. The number of hydrogen-bond acceptors (Lipinski definition) is 4. The van der Waals surface area contributed by atoms with Gasteiger partial charge in [-0.05, 0) is 55.9 Å². The van der Waals surface area contributed by atoms with E-state index in [9.17, 15) is 14.4 Å². The largest absolute Gasteiger partial charge is 0.369 e. The summed E-state index contributed by atoms with van der Waals surface area (Å²) < 4.78 is 5.64. The number of benzene rings is 1. The van der Waals surface area contributed by atoms with Crippen molar-refractivity contribution in [3.63, 3.8) is 0 Å². The summed E-state index contributed by atoms with van der Waals surface area (Å²) in [4.78, 5) is 38.2. The minimum atomic E-state index is -0.624. The molecule has 0 aliphatic heterocycles. The fraction of sp³-hybridized carbons (Fsp3) is 0.640. The number of ether oxygens (including phenoxy) is 1. The lowest BCUT2D eigenvalue weighted by Crippen LogP contribution is -2.47. The molecule has 5 nitrogen and oxygen atoms in total. The molecule has 0 heterocycles. The number of carbonyl (C=O) groups is 3. The van der Waals surface area contributed by atoms with Crippen molar-refractivity contribution in [1.29, 1.82) is 0 Å². The fourth-order valence-electron chi connectivity index (χ4n) is 5.80. The quantitative estimate of drug-likeness (QED) is 0.670. The van der Waals surface area contributed by atoms with Gasteiger partial charge in [0.1, 0.15) is 12.4 Å². The SMILES string of the molecule is O=C1CCC[C@H]1C[C@H](NC(=O)[C@H]1CC[C@@H]2CCC[C@@H]21)C(=O)COCc1ccccc1. The van der Waals surface area contributed by atoms with E-state index in [2.05, 4.69) is 5.32 Å². The lowest BCUT2D eigenvalue weighted by Gasteiger charge is -2.24. The number of rotatable bonds is 9. The van der Waals surface area contributed by atoms with Crippen molar-refractivity contribution < 1.29 is 19.1 Å². The molecule has 0 radical (unpaired) electrons. The summed E-state index contributed by atoms with van der Waals surface area (Å²) in [5.74, 6) is 1.18. The molecule has 0 aromatic heterocycles. The first kappa shape index (κ1) is 21.2. The van der Waals surface area contributed by atoms with Crippen LogP contribution in [-0.4, -0.2) is 30.1 Å². The molecule has 0 bridgehead atoms. The number of fused-ring (bicyclic) bond motifs is 1. The normalized spacial score (nSPS) is 29.0. The molecule has 0 unspecified atom stereocenters. The molecule has 0 saturated heterocycles. The van der Waals surface area contributed by atoms with Crippen LogP contribution in [0, 0.1) is 23.7 Å². The minimum Gasteiger partial charge on any atom is -0.369 e. The summed E-state index contributed by atoms with van der Waals surface area (Å²) in [7, 11) is 0. The standard InChI is InChI=1S/C25H33NO4/c27-23-11-5-9-19(23)14-22(24(28)16-30-15-17-6-2-1-3-7-17)26-25(29)21-13-12-18-8-4-10-20(18)21/h1-3,6-7,18-22H,4-5,8-16H2,(H,26,29)/t18-,19-,20-,21-,22-/m0/s1. The van der Waals surface area contributed by atoms with Crippen molar-refractivity contribution in [2.75, 3.05) is 6.61 Å². The number of ketones is 2. The molecule has 5 heteroatoms. The second-order valence-electron chi connectivity index (χ2n) is 9.34. The third-order valence-corrected chi connectivity index (χ3v) is 7.43. The summed E-state index contributed by atoms with van der Waals surface area (Å²) in [5.41, 5.74) is 1.01. The maximum absolute atomic E-state index is 13.1. The predicted octanol–water partition coefficient (Wildman–Crippen LogP) is 3.84. The zero-order chi connectivity index (χ0) is 20.9. The van der Waals surface area contributed by atoms with Crippen molar-refractivity contribution in [3.8, 4) is 0 Å². The van der Waals surface area contributed by atoms with Crippen molar-refractivity contribution in [1.82, 2.24) is 5.32 Å². The van der Waals surface area contributed by atoms with Crippen LogP contribution >= 0.6 is 0 Å². The monoisotopic (exact) mass is 411 g/mol. The van der Waals surface area contributed by atoms with E-state index >= 15 is 0 Å². The van der Waals surface area contributed by atoms with Crippen LogP contribution in [0.5, 0.6) is 0 Å². The van der Waals surface area contributed by atoms with Gasteiger partial charge in [-0.2, -0.15) is 0 Å². The molecule has 1 aromatic carbocycles. The number of hydrogen-bond donors (Lipinski definition) is 1. The second kappa shape index (κ2) is 9.86. The maximum Gasteiger partial charge on any atom is 0.223 e. The highest BCUT2D eigenvalue weighted by Gasteiger charge is 2.43. The molecule has 3 saturated carbocycles. The highest BCUT2D eigenvalue weighted by molar-refractivity contribution is 5.92. The van der Waals surface area contributed by atoms with Gasteiger partial charge in [-0.1, -0.05) is 43.2 Å². The zero-order valence-corrected chi connectivity index (χ0v) is 17.7. The Morgan fingerprint density at radius 3 is 2.63 bits per heavy atom. The molecular weight excluding hydrogens is 378 g/mol. The maximum atomic E-state index is 13.1. The second-order valence-corrected chi connectivity index (χ2v) is 9.34. The summed E-state index contributed by atoms with van der Waals surface area (Å²) in [6.45, 7) is 0.319. The van der Waals surface area contributed by atoms with Crippen LogP contribution < -0.4 is 5.32 Å². The first-order valence-corrected chi connectivity index (χ1v) is 11.6. The molecule has 5 atom stereocenters. The van der Waals surface area contributed by atoms with Gasteiger partial charge in [-0.3, -0.25) is 14.4 Å². The molecule has 30 heavy (non-hydrogen) atoms. The van der Waals surface area contributed by atoms with Gasteiger partial charge in [0, 0.05) is 18.3 Å². The third-order valence-electron chi connectivity index (χ3n) is 7.43. The average molecular weight is 412 g/mol. The number of Topliss-reactive ketones (excluding diaryl/α,β-unsaturated/α-hetero) is 2. The van der Waals surface area contributed by atoms with Gasteiger partial charge in [0.2, 0.25) is 5.91 Å². The lowest BCUT2D eigenvalue weighted by molar-refractivity contribution is -0.134. The summed E-state index contributed by atoms with van der Waals surface area (Å²) in [5, 5.41) is 3.05. The van der Waals surface area contributed by atoms with Gasteiger partial charge < -0.3 is 10.1 Å². The number of amides is 1. The molecule has 3 aliphatic carbocycles. The topological polar surface area (TPSA) is 72.5 Å². The van der Waals surface area contributed by atoms with Gasteiger partial charge in [-0.15, -0.1) is 0 Å². The molecule has 3 aliphatic rings. The third kappa shape index (κ3) is 5.00. The van der Waals surface area contributed by atoms with E-state index in [4.69, 9.17) is 4.74 Å². The van der Waals surface area contributed by atoms with Crippen LogP contribution in [0.25, 0.3) is 0 Å². The molecule has 1 N–H and O–H groups in total. The Hall–Kier alpha value is -2.01. The Kier molecular flexibility index (Phi) is 6.98. The molecular formula is C25H33NO4. The predicted molar refractivity (Wildman–Crippen MR) is 114 cm³/mol. The average Bonchev–Trinajstić information content (AvgIpc) is 3.46. The smallest absolute Gasteiger partial charge is 0.223 e. The molecule has 4 rings (SSSR count). The van der Waals surface area contributed by atoms with E-state index < -0.39 is 6.04 Å². The highest BCUT2D eigenvalue weighted by Crippen LogP contribution is 2.47. The van der Waals surface area contributed by atoms with E-state index in [0.717, 1.165) is 37.7 Å². The molecule has 1 aromatic rings. The van der Waals surface area contributed by atoms with E-state index in [1.807, 2.05) is 30.3 Å². The van der Waals surface area contributed by atoms with Gasteiger partial charge >= 0.3 is 0 Å². The first-order valence-electron chi connectivity index (χ1n) is 11.6. The van der Waals surface area contributed by atoms with Crippen molar-refractivity contribution >= 4 is 17.5 Å². The number of carbonyl (C=O) groups excluding carboxylic acids is 3. The van der Waals surface area contributed by atoms with Gasteiger partial charge in [0.05, 0.1) is 12.6 Å². The van der Waals surface area contributed by atoms with Crippen LogP contribution in [0.1, 0.15) is 63.4 Å². The summed E-state index contributed by atoms with van der Waals surface area (Å²) in [6, 6.07) is 9.11. The fourth-order valence-corrected chi connectivity index (χ4v) is 5.80. The van der Waals surface area contributed by atoms with Crippen LogP contribution in [0.2, 0.25) is 0 Å². The molecule has 0 spiro atoms.